The first kappa shape index (κ1) is 15.8. The zero-order chi connectivity index (χ0) is 16.4. The van der Waals surface area contributed by atoms with Gasteiger partial charge in [0, 0.05) is 43.8 Å². The second-order valence-electron chi connectivity index (χ2n) is 7.06. The van der Waals surface area contributed by atoms with E-state index in [1.54, 1.807) is 12.1 Å². The molecule has 0 saturated carbocycles. The molecule has 124 valence electrons. The molecule has 2 heterocycles. The molecular formula is C18H25FN4. The Bertz CT molecular complexity index is 717. The van der Waals surface area contributed by atoms with Crippen LogP contribution in [0.5, 0.6) is 0 Å². The van der Waals surface area contributed by atoms with Crippen molar-refractivity contribution in [2.24, 2.45) is 10.4 Å². The number of nitrogens with one attached hydrogen (secondary N) is 2. The van der Waals surface area contributed by atoms with Gasteiger partial charge in [0.1, 0.15) is 5.82 Å². The lowest BCUT2D eigenvalue weighted by molar-refractivity contribution is 0.370. The van der Waals surface area contributed by atoms with Gasteiger partial charge in [0.15, 0.2) is 5.96 Å². The third-order valence-corrected chi connectivity index (χ3v) is 4.60. The van der Waals surface area contributed by atoms with Crippen LogP contribution in [-0.2, 0) is 6.42 Å². The van der Waals surface area contributed by atoms with Crippen LogP contribution < -0.4 is 5.32 Å². The average molecular weight is 316 g/mol. The summed E-state index contributed by atoms with van der Waals surface area (Å²) in [4.78, 5) is 9.91. The minimum Gasteiger partial charge on any atom is -0.361 e. The largest absolute Gasteiger partial charge is 0.361 e. The van der Waals surface area contributed by atoms with E-state index in [0.29, 0.717) is 5.41 Å². The molecule has 1 aliphatic heterocycles. The Morgan fingerprint density at radius 1 is 1.43 bits per heavy atom. The number of fused-ring (bicyclic) bond motifs is 1. The number of H-pyrrole nitrogens is 1. The van der Waals surface area contributed by atoms with Crippen LogP contribution in [-0.4, -0.2) is 42.5 Å². The number of nitrogens with zero attached hydrogens (tertiary/aromatic N) is 2. The Morgan fingerprint density at radius 2 is 2.26 bits per heavy atom. The minimum absolute atomic E-state index is 0.193. The van der Waals surface area contributed by atoms with Crippen molar-refractivity contribution in [3.63, 3.8) is 0 Å². The molecule has 0 bridgehead atoms. The number of guanidine groups is 1. The summed E-state index contributed by atoms with van der Waals surface area (Å²) in [7, 11) is 1.83. The lowest BCUT2D eigenvalue weighted by Gasteiger charge is -2.23. The quantitative estimate of drug-likeness (QED) is 0.675. The highest BCUT2D eigenvalue weighted by Crippen LogP contribution is 2.28. The van der Waals surface area contributed by atoms with E-state index >= 15 is 0 Å². The second kappa shape index (κ2) is 6.22. The van der Waals surface area contributed by atoms with Crippen molar-refractivity contribution in [3.05, 3.63) is 35.8 Å². The van der Waals surface area contributed by atoms with E-state index in [-0.39, 0.29) is 5.82 Å². The molecule has 0 unspecified atom stereocenters. The fourth-order valence-electron chi connectivity index (χ4n) is 3.29. The number of likely N-dealkylation sites (tertiary alicyclic amines) is 1. The van der Waals surface area contributed by atoms with E-state index in [4.69, 9.17) is 0 Å². The molecule has 0 amide bonds. The van der Waals surface area contributed by atoms with Crippen LogP contribution in [0.3, 0.4) is 0 Å². The summed E-state index contributed by atoms with van der Waals surface area (Å²) < 4.78 is 13.4. The van der Waals surface area contributed by atoms with Crippen molar-refractivity contribution in [1.29, 1.82) is 0 Å². The average Bonchev–Trinajstić information content (AvgIpc) is 3.07. The van der Waals surface area contributed by atoms with E-state index in [1.807, 2.05) is 13.2 Å². The SMILES string of the molecule is CN=C(NCCc1c[nH]c2ccc(F)cc12)N1CCC(C)(C)C1. The number of hydrogen-bond acceptors (Lipinski definition) is 1. The highest BCUT2D eigenvalue weighted by atomic mass is 19.1. The molecule has 2 N–H and O–H groups in total. The maximum atomic E-state index is 13.4. The van der Waals surface area contributed by atoms with Gasteiger partial charge in [0.05, 0.1) is 0 Å². The highest BCUT2D eigenvalue weighted by Gasteiger charge is 2.30. The molecule has 1 aliphatic rings. The summed E-state index contributed by atoms with van der Waals surface area (Å²) in [5.41, 5.74) is 2.46. The van der Waals surface area contributed by atoms with Gasteiger partial charge >= 0.3 is 0 Å². The Labute approximate surface area is 136 Å². The second-order valence-corrected chi connectivity index (χ2v) is 7.06. The van der Waals surface area contributed by atoms with Gasteiger partial charge in [-0.15, -0.1) is 0 Å². The van der Waals surface area contributed by atoms with Crippen molar-refractivity contribution in [3.8, 4) is 0 Å². The number of aromatic nitrogens is 1. The maximum absolute atomic E-state index is 13.4. The van der Waals surface area contributed by atoms with Crippen molar-refractivity contribution in [2.45, 2.75) is 26.7 Å². The van der Waals surface area contributed by atoms with Crippen LogP contribution in [0, 0.1) is 11.2 Å². The number of hydrogen-bond donors (Lipinski definition) is 2. The van der Waals surface area contributed by atoms with Crippen LogP contribution in [0.15, 0.2) is 29.4 Å². The van der Waals surface area contributed by atoms with Gasteiger partial charge in [-0.1, -0.05) is 13.8 Å². The van der Waals surface area contributed by atoms with Crippen molar-refractivity contribution >= 4 is 16.9 Å². The molecule has 1 saturated heterocycles. The molecule has 2 aromatic rings. The molecule has 5 heteroatoms. The minimum atomic E-state index is -0.193. The normalized spacial score (nSPS) is 17.9. The van der Waals surface area contributed by atoms with E-state index in [2.05, 4.69) is 34.0 Å². The first-order valence-corrected chi connectivity index (χ1v) is 8.20. The van der Waals surface area contributed by atoms with E-state index in [1.165, 1.54) is 12.5 Å². The van der Waals surface area contributed by atoms with Gasteiger partial charge in [-0.2, -0.15) is 0 Å². The van der Waals surface area contributed by atoms with Crippen molar-refractivity contribution in [1.82, 2.24) is 15.2 Å². The van der Waals surface area contributed by atoms with Crippen molar-refractivity contribution < 1.29 is 4.39 Å². The lowest BCUT2D eigenvalue weighted by atomic mass is 9.93. The monoisotopic (exact) mass is 316 g/mol. The molecule has 0 aliphatic carbocycles. The molecule has 23 heavy (non-hydrogen) atoms. The molecule has 1 aromatic heterocycles. The molecule has 4 nitrogen and oxygen atoms in total. The summed E-state index contributed by atoms with van der Waals surface area (Å²) in [6.45, 7) is 7.45. The summed E-state index contributed by atoms with van der Waals surface area (Å²) in [6, 6.07) is 4.86. The fourth-order valence-corrected chi connectivity index (χ4v) is 3.29. The third kappa shape index (κ3) is 3.49. The zero-order valence-electron chi connectivity index (χ0n) is 14.1. The van der Waals surface area contributed by atoms with Crippen LogP contribution in [0.2, 0.25) is 0 Å². The molecule has 0 radical (unpaired) electrons. The van der Waals surface area contributed by atoms with E-state index in [9.17, 15) is 4.39 Å². The topological polar surface area (TPSA) is 43.4 Å². The van der Waals surface area contributed by atoms with Crippen LogP contribution >= 0.6 is 0 Å². The number of rotatable bonds is 3. The van der Waals surface area contributed by atoms with Gasteiger partial charge in [-0.3, -0.25) is 4.99 Å². The molecule has 0 atom stereocenters. The number of aromatic amines is 1. The van der Waals surface area contributed by atoms with E-state index < -0.39 is 0 Å². The van der Waals surface area contributed by atoms with Gasteiger partial charge in [-0.05, 0) is 42.0 Å². The van der Waals surface area contributed by atoms with E-state index in [0.717, 1.165) is 48.5 Å². The Kier molecular flexibility index (Phi) is 4.28. The standard InChI is InChI=1S/C18H25FN4/c1-18(2)7-9-23(12-18)17(20-3)21-8-6-13-11-22-16-5-4-14(19)10-15(13)16/h4-5,10-11,22H,6-9,12H2,1-3H3,(H,20,21). The summed E-state index contributed by atoms with van der Waals surface area (Å²) in [5, 5.41) is 4.40. The fraction of sp³-hybridized carbons (Fsp3) is 0.500. The predicted molar refractivity (Wildman–Crippen MR) is 93.3 cm³/mol. The number of benzene rings is 1. The molecule has 1 fully saturated rings. The molecule has 0 spiro atoms. The Morgan fingerprint density at radius 3 is 2.96 bits per heavy atom. The first-order valence-electron chi connectivity index (χ1n) is 8.20. The zero-order valence-corrected chi connectivity index (χ0v) is 14.1. The maximum Gasteiger partial charge on any atom is 0.193 e. The summed E-state index contributed by atoms with van der Waals surface area (Å²) in [6.07, 6.45) is 3.99. The van der Waals surface area contributed by atoms with Crippen LogP contribution in [0.1, 0.15) is 25.8 Å². The van der Waals surface area contributed by atoms with Crippen molar-refractivity contribution in [2.75, 3.05) is 26.7 Å². The van der Waals surface area contributed by atoms with Gasteiger partial charge in [-0.25, -0.2) is 4.39 Å². The highest BCUT2D eigenvalue weighted by molar-refractivity contribution is 5.83. The smallest absolute Gasteiger partial charge is 0.193 e. The van der Waals surface area contributed by atoms with Gasteiger partial charge in [0.2, 0.25) is 0 Å². The van der Waals surface area contributed by atoms with Gasteiger partial charge < -0.3 is 15.2 Å². The molecular weight excluding hydrogens is 291 g/mol. The predicted octanol–water partition coefficient (Wildman–Crippen LogP) is 3.16. The molecule has 3 rings (SSSR count). The first-order chi connectivity index (χ1) is 11.0. The Balaban J connectivity index is 1.61. The van der Waals surface area contributed by atoms with Gasteiger partial charge in [0.25, 0.3) is 0 Å². The number of aliphatic imine (C=N–C) groups is 1. The number of halogens is 1. The lowest BCUT2D eigenvalue weighted by Crippen LogP contribution is -2.41. The Hall–Kier alpha value is -2.04. The van der Waals surface area contributed by atoms with Crippen LogP contribution in [0.4, 0.5) is 4.39 Å². The van der Waals surface area contributed by atoms with Crippen LogP contribution in [0.25, 0.3) is 10.9 Å². The molecule has 1 aromatic carbocycles. The summed E-state index contributed by atoms with van der Waals surface area (Å²) in [5.74, 6) is 0.767. The third-order valence-electron chi connectivity index (χ3n) is 4.60. The summed E-state index contributed by atoms with van der Waals surface area (Å²) >= 11 is 0.